The molecule has 0 fully saturated rings. The number of rotatable bonds is 2. The number of nitrogens with two attached hydrogens (primary N) is 1. The van der Waals surface area contributed by atoms with Crippen LogP contribution in [0.25, 0.3) is 22.3 Å². The highest BCUT2D eigenvalue weighted by Gasteiger charge is 2.07. The fourth-order valence-corrected chi connectivity index (χ4v) is 2.14. The van der Waals surface area contributed by atoms with E-state index < -0.39 is 0 Å². The van der Waals surface area contributed by atoms with Crippen LogP contribution in [0.5, 0.6) is 0 Å². The fourth-order valence-electron chi connectivity index (χ4n) is 2.14. The normalized spacial score (nSPS) is 11.1. The van der Waals surface area contributed by atoms with Crippen LogP contribution >= 0.6 is 0 Å². The van der Waals surface area contributed by atoms with Crippen LogP contribution in [0.15, 0.2) is 24.3 Å². The summed E-state index contributed by atoms with van der Waals surface area (Å²) >= 11 is 0. The maximum Gasteiger partial charge on any atom is 0.104 e. The Morgan fingerprint density at radius 3 is 2.79 bits per heavy atom. The van der Waals surface area contributed by atoms with E-state index in [0.717, 1.165) is 39.4 Å². The minimum Gasteiger partial charge on any atom is -0.342 e. The third-order valence-electron chi connectivity index (χ3n) is 3.20. The van der Waals surface area contributed by atoms with E-state index in [-0.39, 0.29) is 0 Å². The SMILES string of the molecule is Cc1nc2ccc(-c3cc(CN)c(C)nn3)cc2[nH]1. The summed E-state index contributed by atoms with van der Waals surface area (Å²) in [7, 11) is 0. The molecule has 1 aromatic carbocycles. The predicted molar refractivity (Wildman–Crippen MR) is 74.5 cm³/mol. The molecule has 0 spiro atoms. The third kappa shape index (κ3) is 2.08. The Kier molecular flexibility index (Phi) is 2.76. The Labute approximate surface area is 110 Å². The molecule has 0 aliphatic rings. The van der Waals surface area contributed by atoms with Gasteiger partial charge in [0.1, 0.15) is 5.82 Å². The Morgan fingerprint density at radius 2 is 2.00 bits per heavy atom. The molecular weight excluding hydrogens is 238 g/mol. The van der Waals surface area contributed by atoms with Gasteiger partial charge in [-0.05, 0) is 37.6 Å². The first kappa shape index (κ1) is 11.8. The van der Waals surface area contributed by atoms with Crippen molar-refractivity contribution < 1.29 is 0 Å². The van der Waals surface area contributed by atoms with Gasteiger partial charge in [-0.1, -0.05) is 6.07 Å². The van der Waals surface area contributed by atoms with Crippen molar-refractivity contribution in [2.24, 2.45) is 5.73 Å². The van der Waals surface area contributed by atoms with Crippen LogP contribution in [0.1, 0.15) is 17.1 Å². The third-order valence-corrected chi connectivity index (χ3v) is 3.20. The lowest BCUT2D eigenvalue weighted by Gasteiger charge is -2.05. The van der Waals surface area contributed by atoms with Crippen molar-refractivity contribution in [1.82, 2.24) is 20.2 Å². The summed E-state index contributed by atoms with van der Waals surface area (Å²) in [5.74, 6) is 0.907. The quantitative estimate of drug-likeness (QED) is 0.732. The Hall–Kier alpha value is -2.27. The molecule has 0 saturated heterocycles. The minimum atomic E-state index is 0.472. The molecule has 0 unspecified atom stereocenters. The van der Waals surface area contributed by atoms with Gasteiger partial charge >= 0.3 is 0 Å². The highest BCUT2D eigenvalue weighted by molar-refractivity contribution is 5.81. The van der Waals surface area contributed by atoms with Gasteiger partial charge in [-0.3, -0.25) is 0 Å². The fraction of sp³-hybridized carbons (Fsp3) is 0.214. The topological polar surface area (TPSA) is 80.5 Å². The summed E-state index contributed by atoms with van der Waals surface area (Å²) in [4.78, 5) is 7.61. The second-order valence-corrected chi connectivity index (χ2v) is 4.60. The van der Waals surface area contributed by atoms with Gasteiger partial charge < -0.3 is 10.7 Å². The van der Waals surface area contributed by atoms with Crippen molar-refractivity contribution in [1.29, 1.82) is 0 Å². The molecule has 19 heavy (non-hydrogen) atoms. The summed E-state index contributed by atoms with van der Waals surface area (Å²) in [6.45, 7) is 4.33. The second kappa shape index (κ2) is 4.44. The summed E-state index contributed by atoms with van der Waals surface area (Å²) in [6, 6.07) is 8.02. The van der Waals surface area contributed by atoms with E-state index >= 15 is 0 Å². The highest BCUT2D eigenvalue weighted by Crippen LogP contribution is 2.22. The summed E-state index contributed by atoms with van der Waals surface area (Å²) in [6.07, 6.45) is 0. The first-order valence-corrected chi connectivity index (χ1v) is 6.17. The number of H-pyrrole nitrogens is 1. The largest absolute Gasteiger partial charge is 0.342 e. The number of hydrogen-bond donors (Lipinski definition) is 2. The first-order valence-electron chi connectivity index (χ1n) is 6.17. The number of aromatic amines is 1. The van der Waals surface area contributed by atoms with Crippen LogP contribution in [-0.2, 0) is 6.54 Å². The number of hydrogen-bond acceptors (Lipinski definition) is 4. The second-order valence-electron chi connectivity index (χ2n) is 4.60. The number of nitrogens with one attached hydrogen (secondary N) is 1. The van der Waals surface area contributed by atoms with Crippen LogP contribution in [-0.4, -0.2) is 20.2 Å². The van der Waals surface area contributed by atoms with Crippen molar-refractivity contribution in [3.63, 3.8) is 0 Å². The molecule has 0 radical (unpaired) electrons. The molecule has 3 N–H and O–H groups in total. The predicted octanol–water partition coefficient (Wildman–Crippen LogP) is 2.10. The molecule has 0 aliphatic heterocycles. The minimum absolute atomic E-state index is 0.472. The molecular formula is C14H15N5. The molecule has 3 aromatic rings. The van der Waals surface area contributed by atoms with Crippen LogP contribution in [0, 0.1) is 13.8 Å². The zero-order valence-corrected chi connectivity index (χ0v) is 10.9. The molecule has 96 valence electrons. The lowest BCUT2D eigenvalue weighted by Crippen LogP contribution is -2.03. The van der Waals surface area contributed by atoms with Crippen LogP contribution in [0.3, 0.4) is 0 Å². The first-order chi connectivity index (χ1) is 9.17. The Morgan fingerprint density at radius 1 is 1.16 bits per heavy atom. The standard InChI is InChI=1S/C14H15N5/c1-8-11(7-15)6-13(19-18-8)10-3-4-12-14(5-10)17-9(2)16-12/h3-6H,7,15H2,1-2H3,(H,16,17). The molecule has 2 heterocycles. The van der Waals surface area contributed by atoms with Crippen molar-refractivity contribution in [3.8, 4) is 11.3 Å². The van der Waals surface area contributed by atoms with Gasteiger partial charge in [0.2, 0.25) is 0 Å². The lowest BCUT2D eigenvalue weighted by molar-refractivity contribution is 0.924. The molecule has 0 saturated carbocycles. The summed E-state index contributed by atoms with van der Waals surface area (Å²) < 4.78 is 0. The van der Waals surface area contributed by atoms with Crippen molar-refractivity contribution in [2.45, 2.75) is 20.4 Å². The molecule has 2 aromatic heterocycles. The van der Waals surface area contributed by atoms with Gasteiger partial charge in [0, 0.05) is 12.1 Å². The molecule has 5 nitrogen and oxygen atoms in total. The number of aromatic nitrogens is 4. The van der Waals surface area contributed by atoms with Gasteiger partial charge in [-0.25, -0.2) is 4.98 Å². The average molecular weight is 253 g/mol. The molecule has 5 heteroatoms. The maximum atomic E-state index is 5.71. The van der Waals surface area contributed by atoms with E-state index in [9.17, 15) is 0 Å². The van der Waals surface area contributed by atoms with E-state index in [4.69, 9.17) is 5.73 Å². The van der Waals surface area contributed by atoms with Gasteiger partial charge in [0.15, 0.2) is 0 Å². The van der Waals surface area contributed by atoms with Gasteiger partial charge in [-0.2, -0.15) is 10.2 Å². The number of fused-ring (bicyclic) bond motifs is 1. The maximum absolute atomic E-state index is 5.71. The number of aryl methyl sites for hydroxylation is 2. The van der Waals surface area contributed by atoms with Crippen LogP contribution < -0.4 is 5.73 Å². The number of nitrogens with zero attached hydrogens (tertiary/aromatic N) is 3. The Bertz CT molecular complexity index is 745. The molecule has 0 aliphatic carbocycles. The van der Waals surface area contributed by atoms with E-state index in [1.165, 1.54) is 0 Å². The summed E-state index contributed by atoms with van der Waals surface area (Å²) in [5.41, 5.74) is 11.4. The molecule has 0 amide bonds. The van der Waals surface area contributed by atoms with E-state index in [1.807, 2.05) is 38.1 Å². The van der Waals surface area contributed by atoms with Gasteiger partial charge in [-0.15, -0.1) is 0 Å². The zero-order valence-electron chi connectivity index (χ0n) is 10.9. The molecule has 0 bridgehead atoms. The summed E-state index contributed by atoms with van der Waals surface area (Å²) in [5, 5.41) is 8.39. The van der Waals surface area contributed by atoms with Crippen molar-refractivity contribution >= 4 is 11.0 Å². The van der Waals surface area contributed by atoms with E-state index in [0.29, 0.717) is 6.54 Å². The number of imidazole rings is 1. The monoisotopic (exact) mass is 253 g/mol. The van der Waals surface area contributed by atoms with Crippen LogP contribution in [0.4, 0.5) is 0 Å². The van der Waals surface area contributed by atoms with Crippen molar-refractivity contribution in [3.05, 3.63) is 41.3 Å². The average Bonchev–Trinajstić information content (AvgIpc) is 2.78. The van der Waals surface area contributed by atoms with E-state index in [1.54, 1.807) is 0 Å². The van der Waals surface area contributed by atoms with E-state index in [2.05, 4.69) is 20.2 Å². The zero-order chi connectivity index (χ0) is 13.4. The lowest BCUT2D eigenvalue weighted by atomic mass is 10.1. The van der Waals surface area contributed by atoms with Crippen molar-refractivity contribution in [2.75, 3.05) is 0 Å². The molecule has 3 rings (SSSR count). The smallest absolute Gasteiger partial charge is 0.104 e. The Balaban J connectivity index is 2.12. The van der Waals surface area contributed by atoms with Crippen LogP contribution in [0.2, 0.25) is 0 Å². The van der Waals surface area contributed by atoms with Gasteiger partial charge in [0.05, 0.1) is 22.4 Å². The number of benzene rings is 1. The van der Waals surface area contributed by atoms with Gasteiger partial charge in [0.25, 0.3) is 0 Å². The molecule has 0 atom stereocenters. The highest BCUT2D eigenvalue weighted by atomic mass is 15.1.